The monoisotopic (exact) mass is 269 g/mol. The molecule has 1 atom stereocenters. The number of fused-ring (bicyclic) bond motifs is 1. The van der Waals surface area contributed by atoms with Crippen LogP contribution in [0, 0.1) is 6.92 Å². The van der Waals surface area contributed by atoms with Gasteiger partial charge >= 0.3 is 0 Å². The van der Waals surface area contributed by atoms with Crippen molar-refractivity contribution in [1.82, 2.24) is 4.98 Å². The van der Waals surface area contributed by atoms with Gasteiger partial charge in [0.25, 0.3) is 0 Å². The van der Waals surface area contributed by atoms with E-state index in [1.54, 1.807) is 6.26 Å². The number of aromatic amines is 1. The molecule has 1 unspecified atom stereocenters. The summed E-state index contributed by atoms with van der Waals surface area (Å²) in [7, 11) is -0.991. The molecule has 0 saturated carbocycles. The van der Waals surface area contributed by atoms with Crippen LogP contribution in [0.15, 0.2) is 53.4 Å². The Balaban J connectivity index is 2.25. The van der Waals surface area contributed by atoms with Gasteiger partial charge in [-0.3, -0.25) is 4.21 Å². The van der Waals surface area contributed by atoms with Gasteiger partial charge in [-0.1, -0.05) is 29.8 Å². The zero-order valence-electron chi connectivity index (χ0n) is 10.9. The summed E-state index contributed by atoms with van der Waals surface area (Å²) < 4.78 is 11.9. The van der Waals surface area contributed by atoms with E-state index >= 15 is 0 Å². The van der Waals surface area contributed by atoms with Gasteiger partial charge in [0.15, 0.2) is 0 Å². The van der Waals surface area contributed by atoms with Crippen molar-refractivity contribution in [2.75, 3.05) is 6.26 Å². The predicted octanol–water partition coefficient (Wildman–Crippen LogP) is 3.88. The van der Waals surface area contributed by atoms with Crippen LogP contribution in [0.4, 0.5) is 0 Å². The van der Waals surface area contributed by atoms with Gasteiger partial charge in [0.2, 0.25) is 0 Å². The van der Waals surface area contributed by atoms with E-state index in [4.69, 9.17) is 0 Å². The third-order valence-electron chi connectivity index (χ3n) is 3.26. The number of hydrogen-bond acceptors (Lipinski definition) is 1. The zero-order valence-corrected chi connectivity index (χ0v) is 11.8. The molecular weight excluding hydrogens is 254 g/mol. The number of nitrogens with one attached hydrogen (secondary N) is 1. The minimum absolute atomic E-state index is 0.872. The third-order valence-corrected chi connectivity index (χ3v) is 4.24. The van der Waals surface area contributed by atoms with Crippen LogP contribution in [-0.4, -0.2) is 15.4 Å². The Morgan fingerprint density at radius 2 is 1.84 bits per heavy atom. The molecule has 0 spiro atoms. The standard InChI is InChI=1S/C16H15NOS/c1-11-7-8-16(19(2)18)13(9-11)15-10-12-5-3-4-6-14(12)17-15/h3-10,17H,1-2H3. The first-order valence-electron chi connectivity index (χ1n) is 6.17. The molecule has 2 aromatic carbocycles. The number of aromatic nitrogens is 1. The lowest BCUT2D eigenvalue weighted by Gasteiger charge is -2.06. The van der Waals surface area contributed by atoms with Crippen LogP contribution in [0.2, 0.25) is 0 Å². The molecule has 0 amide bonds. The first kappa shape index (κ1) is 12.2. The van der Waals surface area contributed by atoms with Crippen LogP contribution < -0.4 is 0 Å². The quantitative estimate of drug-likeness (QED) is 0.752. The average molecular weight is 269 g/mol. The molecule has 0 fully saturated rings. The van der Waals surface area contributed by atoms with Crippen molar-refractivity contribution in [3.8, 4) is 11.3 Å². The molecule has 0 saturated heterocycles. The van der Waals surface area contributed by atoms with Gasteiger partial charge in [0.1, 0.15) is 0 Å². The minimum Gasteiger partial charge on any atom is -0.354 e. The summed E-state index contributed by atoms with van der Waals surface area (Å²) in [6, 6.07) is 16.3. The molecule has 96 valence electrons. The first-order chi connectivity index (χ1) is 9.15. The van der Waals surface area contributed by atoms with Gasteiger partial charge in [0.05, 0.1) is 10.8 Å². The Labute approximate surface area is 114 Å². The summed E-state index contributed by atoms with van der Waals surface area (Å²) in [5.74, 6) is 0. The minimum atomic E-state index is -0.991. The molecule has 2 nitrogen and oxygen atoms in total. The van der Waals surface area contributed by atoms with Crippen molar-refractivity contribution in [3.63, 3.8) is 0 Å². The van der Waals surface area contributed by atoms with Crippen LogP contribution in [-0.2, 0) is 10.8 Å². The lowest BCUT2D eigenvalue weighted by Crippen LogP contribution is -1.93. The summed E-state index contributed by atoms with van der Waals surface area (Å²) in [4.78, 5) is 4.27. The SMILES string of the molecule is Cc1ccc(S(C)=O)c(-c2cc3ccccc3[nH]2)c1. The number of benzene rings is 2. The average Bonchev–Trinajstić information content (AvgIpc) is 2.81. The van der Waals surface area contributed by atoms with Crippen molar-refractivity contribution in [2.24, 2.45) is 0 Å². The number of rotatable bonds is 2. The van der Waals surface area contributed by atoms with Crippen LogP contribution in [0.3, 0.4) is 0 Å². The van der Waals surface area contributed by atoms with E-state index in [-0.39, 0.29) is 0 Å². The van der Waals surface area contributed by atoms with E-state index in [1.807, 2.05) is 24.3 Å². The lowest BCUT2D eigenvalue weighted by atomic mass is 10.1. The largest absolute Gasteiger partial charge is 0.354 e. The number of hydrogen-bond donors (Lipinski definition) is 1. The van der Waals surface area contributed by atoms with Crippen molar-refractivity contribution in [3.05, 3.63) is 54.1 Å². The smallest absolute Gasteiger partial charge is 0.0505 e. The van der Waals surface area contributed by atoms with Crippen LogP contribution in [0.5, 0.6) is 0 Å². The van der Waals surface area contributed by atoms with Gasteiger partial charge in [-0.15, -0.1) is 0 Å². The zero-order chi connectivity index (χ0) is 13.4. The van der Waals surface area contributed by atoms with Gasteiger partial charge in [-0.05, 0) is 31.2 Å². The van der Waals surface area contributed by atoms with E-state index in [9.17, 15) is 4.21 Å². The maximum absolute atomic E-state index is 11.9. The second kappa shape index (κ2) is 4.67. The number of para-hydroxylation sites is 1. The van der Waals surface area contributed by atoms with Crippen LogP contribution in [0.25, 0.3) is 22.2 Å². The maximum Gasteiger partial charge on any atom is 0.0505 e. The van der Waals surface area contributed by atoms with Gasteiger partial charge in [-0.25, -0.2) is 0 Å². The van der Waals surface area contributed by atoms with Crippen molar-refractivity contribution in [2.45, 2.75) is 11.8 Å². The molecule has 19 heavy (non-hydrogen) atoms. The van der Waals surface area contributed by atoms with Crippen LogP contribution in [0.1, 0.15) is 5.56 Å². The second-order valence-electron chi connectivity index (χ2n) is 4.72. The van der Waals surface area contributed by atoms with E-state index in [0.717, 1.165) is 21.7 Å². The summed E-state index contributed by atoms with van der Waals surface area (Å²) in [6.45, 7) is 2.05. The molecule has 0 radical (unpaired) electrons. The van der Waals surface area contributed by atoms with Crippen LogP contribution >= 0.6 is 0 Å². The van der Waals surface area contributed by atoms with E-state index in [0.29, 0.717) is 0 Å². The molecule has 1 N–H and O–H groups in total. The second-order valence-corrected chi connectivity index (χ2v) is 6.07. The predicted molar refractivity (Wildman–Crippen MR) is 80.8 cm³/mol. The summed E-state index contributed by atoms with van der Waals surface area (Å²) in [5, 5.41) is 1.17. The molecular formula is C16H15NOS. The molecule has 1 aromatic heterocycles. The normalized spacial score (nSPS) is 12.7. The van der Waals surface area contributed by atoms with E-state index < -0.39 is 10.8 Å². The summed E-state index contributed by atoms with van der Waals surface area (Å²) in [6.07, 6.45) is 1.72. The molecule has 3 heteroatoms. The fraction of sp³-hybridized carbons (Fsp3) is 0.125. The first-order valence-corrected chi connectivity index (χ1v) is 7.73. The Kier molecular flexibility index (Phi) is 2.99. The highest BCUT2D eigenvalue weighted by Crippen LogP contribution is 2.29. The fourth-order valence-corrected chi connectivity index (χ4v) is 3.06. The fourth-order valence-electron chi connectivity index (χ4n) is 2.32. The third kappa shape index (κ3) is 2.22. The van der Waals surface area contributed by atoms with Crippen molar-refractivity contribution < 1.29 is 4.21 Å². The summed E-state index contributed by atoms with van der Waals surface area (Å²) >= 11 is 0. The van der Waals surface area contributed by atoms with Crippen molar-refractivity contribution >= 4 is 21.7 Å². The highest BCUT2D eigenvalue weighted by molar-refractivity contribution is 7.84. The Morgan fingerprint density at radius 3 is 2.58 bits per heavy atom. The van der Waals surface area contributed by atoms with Crippen molar-refractivity contribution in [1.29, 1.82) is 0 Å². The molecule has 1 heterocycles. The van der Waals surface area contributed by atoms with E-state index in [1.165, 1.54) is 10.9 Å². The Bertz CT molecular complexity index is 740. The van der Waals surface area contributed by atoms with Gasteiger partial charge in [0, 0.05) is 33.3 Å². The topological polar surface area (TPSA) is 32.9 Å². The Morgan fingerprint density at radius 1 is 1.05 bits per heavy atom. The van der Waals surface area contributed by atoms with Gasteiger partial charge in [-0.2, -0.15) is 0 Å². The lowest BCUT2D eigenvalue weighted by molar-refractivity contribution is 0.687. The molecule has 3 aromatic rings. The summed E-state index contributed by atoms with van der Waals surface area (Å²) in [5.41, 5.74) is 4.32. The molecule has 0 bridgehead atoms. The Hall–Kier alpha value is -1.87. The van der Waals surface area contributed by atoms with E-state index in [2.05, 4.69) is 36.2 Å². The molecule has 3 rings (SSSR count). The highest BCUT2D eigenvalue weighted by atomic mass is 32.2. The number of H-pyrrole nitrogens is 1. The van der Waals surface area contributed by atoms with Gasteiger partial charge < -0.3 is 4.98 Å². The molecule has 0 aliphatic heterocycles. The molecule has 0 aliphatic carbocycles. The highest BCUT2D eigenvalue weighted by Gasteiger charge is 2.11. The number of aryl methyl sites for hydroxylation is 1. The molecule has 0 aliphatic rings. The maximum atomic E-state index is 11.9.